The van der Waals surface area contributed by atoms with Crippen LogP contribution in [0.25, 0.3) is 0 Å². The lowest BCUT2D eigenvalue weighted by Gasteiger charge is -2.08. The molecular formula is C22H20N2O. The maximum atomic E-state index is 12.2. The Morgan fingerprint density at radius 3 is 1.72 bits per heavy atom. The van der Waals surface area contributed by atoms with Crippen molar-refractivity contribution in [1.82, 2.24) is 5.43 Å². The van der Waals surface area contributed by atoms with Crippen LogP contribution in [-0.2, 0) is 17.6 Å². The summed E-state index contributed by atoms with van der Waals surface area (Å²) in [6.07, 6.45) is 0.980. The molecule has 0 bridgehead atoms. The molecule has 3 aromatic rings. The molecule has 0 fully saturated rings. The first kappa shape index (κ1) is 16.7. The molecule has 0 radical (unpaired) electrons. The SMILES string of the molecule is O=C(Cc1ccccc1)N/N=C(\Cc1ccccc1)c1ccccc1. The van der Waals surface area contributed by atoms with Crippen LogP contribution in [0.4, 0.5) is 0 Å². The van der Waals surface area contributed by atoms with Gasteiger partial charge in [-0.2, -0.15) is 5.10 Å². The number of carbonyl (C=O) groups is 1. The monoisotopic (exact) mass is 328 g/mol. The molecule has 0 aliphatic carbocycles. The normalized spacial score (nSPS) is 11.1. The fourth-order valence-electron chi connectivity index (χ4n) is 2.58. The molecule has 3 rings (SSSR count). The van der Waals surface area contributed by atoms with Gasteiger partial charge in [-0.25, -0.2) is 5.43 Å². The van der Waals surface area contributed by atoms with Crippen LogP contribution >= 0.6 is 0 Å². The number of benzene rings is 3. The van der Waals surface area contributed by atoms with E-state index in [1.165, 1.54) is 0 Å². The number of rotatable bonds is 6. The summed E-state index contributed by atoms with van der Waals surface area (Å²) in [5.41, 5.74) is 6.67. The Morgan fingerprint density at radius 2 is 1.16 bits per heavy atom. The highest BCUT2D eigenvalue weighted by Gasteiger charge is 2.07. The Labute approximate surface area is 148 Å². The van der Waals surface area contributed by atoms with E-state index < -0.39 is 0 Å². The van der Waals surface area contributed by atoms with Gasteiger partial charge in [0.05, 0.1) is 12.1 Å². The highest BCUT2D eigenvalue weighted by Crippen LogP contribution is 2.08. The summed E-state index contributed by atoms with van der Waals surface area (Å²) >= 11 is 0. The number of nitrogens with one attached hydrogen (secondary N) is 1. The fourth-order valence-corrected chi connectivity index (χ4v) is 2.58. The van der Waals surface area contributed by atoms with Crippen molar-refractivity contribution in [1.29, 1.82) is 0 Å². The zero-order valence-electron chi connectivity index (χ0n) is 13.9. The highest BCUT2D eigenvalue weighted by atomic mass is 16.2. The van der Waals surface area contributed by atoms with Gasteiger partial charge in [-0.1, -0.05) is 91.0 Å². The largest absolute Gasteiger partial charge is 0.273 e. The molecule has 1 N–H and O–H groups in total. The van der Waals surface area contributed by atoms with Gasteiger partial charge in [-0.3, -0.25) is 4.79 Å². The summed E-state index contributed by atoms with van der Waals surface area (Å²) in [5.74, 6) is -0.118. The number of nitrogens with zero attached hydrogens (tertiary/aromatic N) is 1. The summed E-state index contributed by atoms with van der Waals surface area (Å²) in [5, 5.41) is 4.40. The van der Waals surface area contributed by atoms with E-state index in [-0.39, 0.29) is 5.91 Å². The van der Waals surface area contributed by atoms with E-state index in [0.717, 1.165) is 22.4 Å². The number of hydrogen-bond donors (Lipinski definition) is 1. The topological polar surface area (TPSA) is 41.5 Å². The summed E-state index contributed by atoms with van der Waals surface area (Å²) in [4.78, 5) is 12.2. The first-order valence-corrected chi connectivity index (χ1v) is 8.30. The highest BCUT2D eigenvalue weighted by molar-refractivity contribution is 6.02. The van der Waals surface area contributed by atoms with Crippen molar-refractivity contribution in [3.05, 3.63) is 108 Å². The number of hydrazone groups is 1. The molecule has 0 aliphatic heterocycles. The Bertz CT molecular complexity index is 828. The van der Waals surface area contributed by atoms with Gasteiger partial charge in [0, 0.05) is 6.42 Å². The number of hydrogen-bond acceptors (Lipinski definition) is 2. The van der Waals surface area contributed by atoms with Crippen molar-refractivity contribution in [2.45, 2.75) is 12.8 Å². The van der Waals surface area contributed by atoms with Crippen molar-refractivity contribution in [2.24, 2.45) is 5.10 Å². The van der Waals surface area contributed by atoms with Gasteiger partial charge >= 0.3 is 0 Å². The standard InChI is InChI=1S/C22H20N2O/c25-22(17-19-12-6-2-7-13-19)24-23-21(20-14-8-3-9-15-20)16-18-10-4-1-5-11-18/h1-15H,16-17H2,(H,24,25)/b23-21+. The third kappa shape index (κ3) is 5.15. The molecule has 0 heterocycles. The van der Waals surface area contributed by atoms with E-state index in [4.69, 9.17) is 0 Å². The van der Waals surface area contributed by atoms with Crippen molar-refractivity contribution in [3.63, 3.8) is 0 Å². The quantitative estimate of drug-likeness (QED) is 0.539. The first-order valence-electron chi connectivity index (χ1n) is 8.30. The van der Waals surface area contributed by atoms with Crippen LogP contribution in [0.2, 0.25) is 0 Å². The zero-order valence-corrected chi connectivity index (χ0v) is 13.9. The minimum atomic E-state index is -0.118. The average Bonchev–Trinajstić information content (AvgIpc) is 2.67. The number of amides is 1. The van der Waals surface area contributed by atoms with E-state index >= 15 is 0 Å². The van der Waals surface area contributed by atoms with Crippen LogP contribution in [0, 0.1) is 0 Å². The lowest BCUT2D eigenvalue weighted by atomic mass is 10.0. The van der Waals surface area contributed by atoms with Gasteiger partial charge < -0.3 is 0 Å². The first-order chi connectivity index (χ1) is 12.3. The molecule has 0 aliphatic rings. The van der Waals surface area contributed by atoms with Crippen LogP contribution in [0.5, 0.6) is 0 Å². The van der Waals surface area contributed by atoms with Crippen LogP contribution in [0.15, 0.2) is 96.1 Å². The fraction of sp³-hybridized carbons (Fsp3) is 0.0909. The van der Waals surface area contributed by atoms with Crippen LogP contribution < -0.4 is 5.43 Å². The predicted molar refractivity (Wildman–Crippen MR) is 101 cm³/mol. The zero-order chi connectivity index (χ0) is 17.3. The molecule has 3 aromatic carbocycles. The molecule has 3 heteroatoms. The van der Waals surface area contributed by atoms with Crippen molar-refractivity contribution >= 4 is 11.6 Å². The molecule has 0 saturated carbocycles. The molecule has 3 nitrogen and oxygen atoms in total. The van der Waals surface area contributed by atoms with Crippen molar-refractivity contribution < 1.29 is 4.79 Å². The van der Waals surface area contributed by atoms with Crippen LogP contribution in [0.3, 0.4) is 0 Å². The van der Waals surface area contributed by atoms with Gasteiger partial charge in [-0.15, -0.1) is 0 Å². The summed E-state index contributed by atoms with van der Waals surface area (Å²) in [6, 6.07) is 29.7. The van der Waals surface area contributed by atoms with Crippen LogP contribution in [0.1, 0.15) is 16.7 Å². The van der Waals surface area contributed by atoms with E-state index in [0.29, 0.717) is 12.8 Å². The maximum Gasteiger partial charge on any atom is 0.244 e. The van der Waals surface area contributed by atoms with E-state index in [1.54, 1.807) is 0 Å². The number of carbonyl (C=O) groups excluding carboxylic acids is 1. The van der Waals surface area contributed by atoms with Gasteiger partial charge in [0.2, 0.25) is 5.91 Å². The second-order valence-electron chi connectivity index (χ2n) is 5.78. The minimum Gasteiger partial charge on any atom is -0.273 e. The second-order valence-corrected chi connectivity index (χ2v) is 5.78. The molecule has 25 heavy (non-hydrogen) atoms. The molecule has 0 unspecified atom stereocenters. The molecule has 1 amide bonds. The molecule has 0 atom stereocenters. The summed E-state index contributed by atoms with van der Waals surface area (Å²) in [6.45, 7) is 0. The third-order valence-corrected chi connectivity index (χ3v) is 3.84. The lowest BCUT2D eigenvalue weighted by Crippen LogP contribution is -2.22. The summed E-state index contributed by atoms with van der Waals surface area (Å²) < 4.78 is 0. The summed E-state index contributed by atoms with van der Waals surface area (Å²) in [7, 11) is 0. The minimum absolute atomic E-state index is 0.118. The van der Waals surface area contributed by atoms with E-state index in [9.17, 15) is 4.79 Å². The van der Waals surface area contributed by atoms with Gasteiger partial charge in [0.15, 0.2) is 0 Å². The second kappa shape index (κ2) is 8.60. The van der Waals surface area contributed by atoms with Gasteiger partial charge in [0.1, 0.15) is 0 Å². The molecule has 0 aromatic heterocycles. The van der Waals surface area contributed by atoms with Crippen molar-refractivity contribution in [2.75, 3.05) is 0 Å². The van der Waals surface area contributed by atoms with Gasteiger partial charge in [-0.05, 0) is 16.7 Å². The molecule has 0 saturated heterocycles. The average molecular weight is 328 g/mol. The lowest BCUT2D eigenvalue weighted by molar-refractivity contribution is -0.120. The van der Waals surface area contributed by atoms with E-state index in [2.05, 4.69) is 22.7 Å². The Hall–Kier alpha value is -3.20. The van der Waals surface area contributed by atoms with Gasteiger partial charge in [0.25, 0.3) is 0 Å². The molecular weight excluding hydrogens is 308 g/mol. The maximum absolute atomic E-state index is 12.2. The predicted octanol–water partition coefficient (Wildman–Crippen LogP) is 3.99. The molecule has 124 valence electrons. The Kier molecular flexibility index (Phi) is 5.73. The smallest absolute Gasteiger partial charge is 0.244 e. The van der Waals surface area contributed by atoms with Crippen LogP contribution in [-0.4, -0.2) is 11.6 Å². The Morgan fingerprint density at radius 1 is 0.680 bits per heavy atom. The molecule has 0 spiro atoms. The Balaban J connectivity index is 1.74. The van der Waals surface area contributed by atoms with Crippen molar-refractivity contribution in [3.8, 4) is 0 Å². The third-order valence-electron chi connectivity index (χ3n) is 3.84. The van der Waals surface area contributed by atoms with E-state index in [1.807, 2.05) is 78.9 Å².